The van der Waals surface area contributed by atoms with Crippen molar-refractivity contribution < 1.29 is 9.59 Å². The molecule has 1 aromatic rings. The molecule has 2 N–H and O–H groups in total. The van der Waals surface area contributed by atoms with Crippen LogP contribution >= 0.6 is 0 Å². The lowest BCUT2D eigenvalue weighted by Crippen LogP contribution is -2.50. The first-order valence-corrected chi connectivity index (χ1v) is 6.38. The van der Waals surface area contributed by atoms with E-state index in [1.165, 1.54) is 6.92 Å². The zero-order valence-corrected chi connectivity index (χ0v) is 10.9. The highest BCUT2D eigenvalue weighted by molar-refractivity contribution is 5.89. The predicted octanol–water partition coefficient (Wildman–Crippen LogP) is 1.21. The molecule has 0 aromatic carbocycles. The van der Waals surface area contributed by atoms with Crippen LogP contribution in [0.2, 0.25) is 0 Å². The summed E-state index contributed by atoms with van der Waals surface area (Å²) in [5.41, 5.74) is 0.675. The Morgan fingerprint density at radius 3 is 3.00 bits per heavy atom. The Kier molecular flexibility index (Phi) is 4.33. The van der Waals surface area contributed by atoms with E-state index >= 15 is 0 Å². The van der Waals surface area contributed by atoms with Crippen molar-refractivity contribution in [3.8, 4) is 0 Å². The van der Waals surface area contributed by atoms with Crippen LogP contribution in [0.3, 0.4) is 0 Å². The largest absolute Gasteiger partial charge is 0.352 e. The SMILES string of the molecule is CC(=O)NC1CCCN(C(=O)Nc2cccnc2)C1. The maximum absolute atomic E-state index is 12.1. The lowest BCUT2D eigenvalue weighted by molar-refractivity contribution is -0.119. The van der Waals surface area contributed by atoms with Crippen molar-refractivity contribution in [3.63, 3.8) is 0 Å². The monoisotopic (exact) mass is 262 g/mol. The minimum Gasteiger partial charge on any atom is -0.352 e. The first-order chi connectivity index (χ1) is 9.15. The third kappa shape index (κ3) is 3.94. The number of likely N-dealkylation sites (tertiary alicyclic amines) is 1. The minimum atomic E-state index is -0.150. The number of nitrogens with zero attached hydrogens (tertiary/aromatic N) is 2. The van der Waals surface area contributed by atoms with Gasteiger partial charge in [0, 0.05) is 32.3 Å². The third-order valence-electron chi connectivity index (χ3n) is 3.03. The van der Waals surface area contributed by atoms with Crippen molar-refractivity contribution in [2.75, 3.05) is 18.4 Å². The number of piperidine rings is 1. The molecule has 2 rings (SSSR count). The summed E-state index contributed by atoms with van der Waals surface area (Å²) in [6.45, 7) is 2.75. The van der Waals surface area contributed by atoms with Gasteiger partial charge in [-0.05, 0) is 25.0 Å². The molecule has 1 atom stereocenters. The van der Waals surface area contributed by atoms with Crippen LogP contribution in [0.5, 0.6) is 0 Å². The van der Waals surface area contributed by atoms with Crippen LogP contribution < -0.4 is 10.6 Å². The summed E-state index contributed by atoms with van der Waals surface area (Å²) in [7, 11) is 0. The molecule has 0 aliphatic carbocycles. The number of carbonyl (C=O) groups excluding carboxylic acids is 2. The fourth-order valence-corrected chi connectivity index (χ4v) is 2.21. The van der Waals surface area contributed by atoms with Crippen molar-refractivity contribution in [2.45, 2.75) is 25.8 Å². The number of hydrogen-bond donors (Lipinski definition) is 2. The van der Waals surface area contributed by atoms with Crippen LogP contribution in [0.25, 0.3) is 0 Å². The van der Waals surface area contributed by atoms with E-state index in [0.29, 0.717) is 18.8 Å². The second kappa shape index (κ2) is 6.17. The molecule has 0 saturated carbocycles. The average molecular weight is 262 g/mol. The third-order valence-corrected chi connectivity index (χ3v) is 3.03. The number of anilines is 1. The Balaban J connectivity index is 1.90. The number of rotatable bonds is 2. The number of amides is 3. The zero-order chi connectivity index (χ0) is 13.7. The fraction of sp³-hybridized carbons (Fsp3) is 0.462. The van der Waals surface area contributed by atoms with Gasteiger partial charge in [0.2, 0.25) is 5.91 Å². The van der Waals surface area contributed by atoms with Gasteiger partial charge in [-0.3, -0.25) is 9.78 Å². The van der Waals surface area contributed by atoms with Crippen molar-refractivity contribution in [3.05, 3.63) is 24.5 Å². The van der Waals surface area contributed by atoms with Crippen molar-refractivity contribution in [1.82, 2.24) is 15.2 Å². The molecule has 1 aromatic heterocycles. The molecule has 0 spiro atoms. The van der Waals surface area contributed by atoms with Gasteiger partial charge in [0.15, 0.2) is 0 Å². The Labute approximate surface area is 112 Å². The maximum Gasteiger partial charge on any atom is 0.321 e. The number of urea groups is 1. The van der Waals surface area contributed by atoms with E-state index in [2.05, 4.69) is 15.6 Å². The molecule has 1 fully saturated rings. The predicted molar refractivity (Wildman–Crippen MR) is 71.7 cm³/mol. The second-order valence-corrected chi connectivity index (χ2v) is 4.66. The smallest absolute Gasteiger partial charge is 0.321 e. The van der Waals surface area contributed by atoms with Gasteiger partial charge in [0.25, 0.3) is 0 Å². The highest BCUT2D eigenvalue weighted by Gasteiger charge is 2.24. The average Bonchev–Trinajstić information content (AvgIpc) is 2.39. The molecular formula is C13H18N4O2. The summed E-state index contributed by atoms with van der Waals surface area (Å²) >= 11 is 0. The quantitative estimate of drug-likeness (QED) is 0.841. The van der Waals surface area contributed by atoms with Gasteiger partial charge < -0.3 is 15.5 Å². The normalized spacial score (nSPS) is 18.8. The molecule has 0 bridgehead atoms. The first-order valence-electron chi connectivity index (χ1n) is 6.38. The second-order valence-electron chi connectivity index (χ2n) is 4.66. The molecule has 1 aliphatic rings. The number of nitrogens with one attached hydrogen (secondary N) is 2. The highest BCUT2D eigenvalue weighted by atomic mass is 16.2. The van der Waals surface area contributed by atoms with Gasteiger partial charge in [-0.2, -0.15) is 0 Å². The number of hydrogen-bond acceptors (Lipinski definition) is 3. The fourth-order valence-electron chi connectivity index (χ4n) is 2.21. The molecule has 3 amide bonds. The Bertz CT molecular complexity index is 449. The molecule has 6 nitrogen and oxygen atoms in total. The maximum atomic E-state index is 12.1. The van der Waals surface area contributed by atoms with Gasteiger partial charge in [0.1, 0.15) is 0 Å². The summed E-state index contributed by atoms with van der Waals surface area (Å²) in [5.74, 6) is -0.0560. The summed E-state index contributed by atoms with van der Waals surface area (Å²) in [6, 6.07) is 3.46. The van der Waals surface area contributed by atoms with E-state index < -0.39 is 0 Å². The van der Waals surface area contributed by atoms with Gasteiger partial charge in [-0.15, -0.1) is 0 Å². The van der Waals surface area contributed by atoms with Crippen LogP contribution in [0, 0.1) is 0 Å². The minimum absolute atomic E-state index is 0.0471. The van der Waals surface area contributed by atoms with Crippen molar-refractivity contribution in [1.29, 1.82) is 0 Å². The summed E-state index contributed by atoms with van der Waals surface area (Å²) in [6.07, 6.45) is 5.07. The van der Waals surface area contributed by atoms with Crippen LogP contribution in [-0.2, 0) is 4.79 Å². The van der Waals surface area contributed by atoms with E-state index in [1.807, 2.05) is 0 Å². The van der Waals surface area contributed by atoms with Gasteiger partial charge in [-0.25, -0.2) is 4.79 Å². The van der Waals surface area contributed by atoms with E-state index in [9.17, 15) is 9.59 Å². The molecule has 2 heterocycles. The van der Waals surface area contributed by atoms with E-state index in [1.54, 1.807) is 29.4 Å². The zero-order valence-electron chi connectivity index (χ0n) is 10.9. The summed E-state index contributed by atoms with van der Waals surface area (Å²) < 4.78 is 0. The molecular weight excluding hydrogens is 244 g/mol. The summed E-state index contributed by atoms with van der Waals surface area (Å²) in [5, 5.41) is 5.65. The molecule has 1 unspecified atom stereocenters. The van der Waals surface area contributed by atoms with E-state index in [-0.39, 0.29) is 18.0 Å². The van der Waals surface area contributed by atoms with Crippen LogP contribution in [0.1, 0.15) is 19.8 Å². The standard InChI is InChI=1S/C13H18N4O2/c1-10(18)15-12-5-3-7-17(9-12)13(19)16-11-4-2-6-14-8-11/h2,4,6,8,12H,3,5,7,9H2,1H3,(H,15,18)(H,16,19). The molecule has 0 radical (unpaired) electrons. The molecule has 19 heavy (non-hydrogen) atoms. The summed E-state index contributed by atoms with van der Waals surface area (Å²) in [4.78, 5) is 28.8. The number of carbonyl (C=O) groups is 2. The number of aromatic nitrogens is 1. The lowest BCUT2D eigenvalue weighted by Gasteiger charge is -2.32. The molecule has 6 heteroatoms. The molecule has 1 saturated heterocycles. The topological polar surface area (TPSA) is 74.3 Å². The first kappa shape index (κ1) is 13.3. The van der Waals surface area contributed by atoms with Crippen LogP contribution in [0.4, 0.5) is 10.5 Å². The Hall–Kier alpha value is -2.11. The van der Waals surface area contributed by atoms with Gasteiger partial charge in [0.05, 0.1) is 11.9 Å². The Morgan fingerprint density at radius 1 is 1.47 bits per heavy atom. The molecule has 1 aliphatic heterocycles. The van der Waals surface area contributed by atoms with Crippen molar-refractivity contribution >= 4 is 17.6 Å². The van der Waals surface area contributed by atoms with E-state index in [4.69, 9.17) is 0 Å². The Morgan fingerprint density at radius 2 is 2.32 bits per heavy atom. The molecule has 102 valence electrons. The van der Waals surface area contributed by atoms with Gasteiger partial charge >= 0.3 is 6.03 Å². The van der Waals surface area contributed by atoms with Crippen LogP contribution in [0.15, 0.2) is 24.5 Å². The van der Waals surface area contributed by atoms with Gasteiger partial charge in [-0.1, -0.05) is 0 Å². The van der Waals surface area contributed by atoms with Crippen molar-refractivity contribution in [2.24, 2.45) is 0 Å². The van der Waals surface area contributed by atoms with E-state index in [0.717, 1.165) is 12.8 Å². The van der Waals surface area contributed by atoms with Crippen LogP contribution in [-0.4, -0.2) is 41.0 Å². The lowest BCUT2D eigenvalue weighted by atomic mass is 10.1. The number of pyridine rings is 1. The highest BCUT2D eigenvalue weighted by Crippen LogP contribution is 2.12.